The summed E-state index contributed by atoms with van der Waals surface area (Å²) in [5.74, 6) is 0.191. The second-order valence-electron chi connectivity index (χ2n) is 3.41. The van der Waals surface area contributed by atoms with Gasteiger partial charge in [-0.15, -0.1) is 0 Å². The van der Waals surface area contributed by atoms with Crippen molar-refractivity contribution in [3.63, 3.8) is 0 Å². The van der Waals surface area contributed by atoms with Crippen LogP contribution in [0.3, 0.4) is 0 Å². The maximum Gasteiger partial charge on any atom is 0.259 e. The van der Waals surface area contributed by atoms with Crippen LogP contribution in [0.5, 0.6) is 0 Å². The Morgan fingerprint density at radius 2 is 2.18 bits per heavy atom. The van der Waals surface area contributed by atoms with E-state index in [1.165, 1.54) is 6.26 Å². The van der Waals surface area contributed by atoms with Crippen molar-refractivity contribution in [2.75, 3.05) is 17.2 Å². The molecule has 0 aliphatic rings. The van der Waals surface area contributed by atoms with Crippen molar-refractivity contribution in [3.8, 4) is 0 Å². The van der Waals surface area contributed by atoms with Gasteiger partial charge < -0.3 is 15.2 Å². The van der Waals surface area contributed by atoms with Crippen molar-refractivity contribution in [3.05, 3.63) is 42.2 Å². The van der Waals surface area contributed by atoms with E-state index in [-0.39, 0.29) is 5.91 Å². The zero-order valence-electron chi connectivity index (χ0n) is 9.43. The third-order valence-corrected chi connectivity index (χ3v) is 2.22. The van der Waals surface area contributed by atoms with E-state index < -0.39 is 0 Å². The maximum atomic E-state index is 12.0. The lowest BCUT2D eigenvalue weighted by Gasteiger charge is -2.09. The molecule has 1 amide bonds. The fourth-order valence-corrected chi connectivity index (χ4v) is 1.49. The molecule has 2 N–H and O–H groups in total. The summed E-state index contributed by atoms with van der Waals surface area (Å²) in [6.45, 7) is 2.74. The fourth-order valence-electron chi connectivity index (χ4n) is 1.49. The van der Waals surface area contributed by atoms with Gasteiger partial charge in [-0.05, 0) is 19.1 Å². The van der Waals surface area contributed by atoms with E-state index in [0.717, 1.165) is 12.2 Å². The number of carbonyl (C=O) groups excluding carboxylic acids is 1. The molecule has 5 heteroatoms. The number of nitrogens with one attached hydrogen (secondary N) is 2. The van der Waals surface area contributed by atoms with E-state index in [9.17, 15) is 4.79 Å². The van der Waals surface area contributed by atoms with Gasteiger partial charge in [0.05, 0.1) is 5.56 Å². The van der Waals surface area contributed by atoms with E-state index in [1.807, 2.05) is 25.1 Å². The second-order valence-corrected chi connectivity index (χ2v) is 3.41. The Kier molecular flexibility index (Phi) is 3.40. The van der Waals surface area contributed by atoms with Crippen LogP contribution in [-0.2, 0) is 0 Å². The van der Waals surface area contributed by atoms with Gasteiger partial charge in [-0.25, -0.2) is 0 Å². The first kappa shape index (κ1) is 11.2. The van der Waals surface area contributed by atoms with Crippen LogP contribution in [-0.4, -0.2) is 17.6 Å². The van der Waals surface area contributed by atoms with E-state index in [0.29, 0.717) is 11.4 Å². The zero-order valence-corrected chi connectivity index (χ0v) is 9.43. The molecule has 88 valence electrons. The third kappa shape index (κ3) is 2.63. The summed E-state index contributed by atoms with van der Waals surface area (Å²) in [4.78, 5) is 12.0. The summed E-state index contributed by atoms with van der Waals surface area (Å²) in [5, 5.41) is 9.42. The minimum Gasteiger partial charge on any atom is -0.385 e. The Balaban J connectivity index is 2.18. The Bertz CT molecular complexity index is 494. The standard InChI is InChI=1S/C12H13N3O2/c1-2-13-10-6-4-3-5-9(10)12(16)14-11-7-8-17-15-11/h3-8,13H,2H2,1H3,(H,14,15,16). The largest absolute Gasteiger partial charge is 0.385 e. The van der Waals surface area contributed by atoms with Gasteiger partial charge in [-0.3, -0.25) is 4.79 Å². The van der Waals surface area contributed by atoms with Crippen LogP contribution in [0.4, 0.5) is 11.5 Å². The van der Waals surface area contributed by atoms with Gasteiger partial charge in [-0.1, -0.05) is 17.3 Å². The second kappa shape index (κ2) is 5.16. The van der Waals surface area contributed by atoms with Crippen LogP contribution in [0.2, 0.25) is 0 Å². The van der Waals surface area contributed by atoms with Crippen LogP contribution in [0.1, 0.15) is 17.3 Å². The molecular formula is C12H13N3O2. The lowest BCUT2D eigenvalue weighted by atomic mass is 10.1. The van der Waals surface area contributed by atoms with Crippen molar-refractivity contribution in [2.24, 2.45) is 0 Å². The van der Waals surface area contributed by atoms with Crippen molar-refractivity contribution in [1.29, 1.82) is 0 Å². The predicted molar refractivity (Wildman–Crippen MR) is 65.1 cm³/mol. The SMILES string of the molecule is CCNc1ccccc1C(=O)Nc1ccon1. The molecule has 2 rings (SSSR count). The van der Waals surface area contributed by atoms with Crippen LogP contribution in [0, 0.1) is 0 Å². The summed E-state index contributed by atoms with van der Waals surface area (Å²) >= 11 is 0. The van der Waals surface area contributed by atoms with Gasteiger partial charge >= 0.3 is 0 Å². The van der Waals surface area contributed by atoms with Gasteiger partial charge in [0, 0.05) is 18.3 Å². The Labute approximate surface area is 98.8 Å². The van der Waals surface area contributed by atoms with E-state index >= 15 is 0 Å². The molecule has 0 saturated carbocycles. The summed E-state index contributed by atoms with van der Waals surface area (Å²) in [6.07, 6.45) is 1.41. The minimum absolute atomic E-state index is 0.213. The molecule has 0 spiro atoms. The molecule has 17 heavy (non-hydrogen) atoms. The highest BCUT2D eigenvalue weighted by molar-refractivity contribution is 6.07. The summed E-state index contributed by atoms with van der Waals surface area (Å²) in [5.41, 5.74) is 1.38. The molecule has 0 fully saturated rings. The lowest BCUT2D eigenvalue weighted by Crippen LogP contribution is -2.14. The smallest absolute Gasteiger partial charge is 0.259 e. The summed E-state index contributed by atoms with van der Waals surface area (Å²) in [6, 6.07) is 8.91. The first-order valence-electron chi connectivity index (χ1n) is 5.36. The molecule has 0 radical (unpaired) electrons. The molecule has 0 atom stereocenters. The van der Waals surface area contributed by atoms with Crippen LogP contribution >= 0.6 is 0 Å². The lowest BCUT2D eigenvalue weighted by molar-refractivity contribution is 0.102. The molecule has 1 aromatic carbocycles. The molecule has 1 heterocycles. The number of hydrogen-bond acceptors (Lipinski definition) is 4. The molecule has 0 saturated heterocycles. The van der Waals surface area contributed by atoms with Crippen molar-refractivity contribution < 1.29 is 9.32 Å². The quantitative estimate of drug-likeness (QED) is 0.847. The van der Waals surface area contributed by atoms with Crippen molar-refractivity contribution >= 4 is 17.4 Å². The molecule has 5 nitrogen and oxygen atoms in total. The van der Waals surface area contributed by atoms with Gasteiger partial charge in [0.1, 0.15) is 6.26 Å². The molecule has 1 aromatic heterocycles. The highest BCUT2D eigenvalue weighted by atomic mass is 16.5. The summed E-state index contributed by atoms with van der Waals surface area (Å²) in [7, 11) is 0. The number of nitrogens with zero attached hydrogens (tertiary/aromatic N) is 1. The number of amides is 1. The van der Waals surface area contributed by atoms with Crippen LogP contribution < -0.4 is 10.6 Å². The Morgan fingerprint density at radius 1 is 1.35 bits per heavy atom. The van der Waals surface area contributed by atoms with Crippen molar-refractivity contribution in [1.82, 2.24) is 5.16 Å². The predicted octanol–water partition coefficient (Wildman–Crippen LogP) is 2.36. The Hall–Kier alpha value is -2.30. The van der Waals surface area contributed by atoms with E-state index in [4.69, 9.17) is 0 Å². The van der Waals surface area contributed by atoms with Gasteiger partial charge in [0.25, 0.3) is 5.91 Å². The average molecular weight is 231 g/mol. The highest BCUT2D eigenvalue weighted by Gasteiger charge is 2.11. The Morgan fingerprint density at radius 3 is 2.88 bits per heavy atom. The zero-order chi connectivity index (χ0) is 12.1. The number of anilines is 2. The molecule has 0 aliphatic carbocycles. The van der Waals surface area contributed by atoms with Gasteiger partial charge in [0.2, 0.25) is 0 Å². The van der Waals surface area contributed by atoms with Gasteiger partial charge in [-0.2, -0.15) is 0 Å². The maximum absolute atomic E-state index is 12.0. The number of hydrogen-bond donors (Lipinski definition) is 2. The number of rotatable bonds is 4. The normalized spacial score (nSPS) is 9.94. The number of aromatic nitrogens is 1. The van der Waals surface area contributed by atoms with E-state index in [1.54, 1.807) is 12.1 Å². The number of para-hydroxylation sites is 1. The fraction of sp³-hybridized carbons (Fsp3) is 0.167. The van der Waals surface area contributed by atoms with Crippen molar-refractivity contribution in [2.45, 2.75) is 6.92 Å². The topological polar surface area (TPSA) is 67.2 Å². The first-order valence-corrected chi connectivity index (χ1v) is 5.36. The highest BCUT2D eigenvalue weighted by Crippen LogP contribution is 2.16. The first-order chi connectivity index (χ1) is 8.31. The number of carbonyl (C=O) groups is 1. The van der Waals surface area contributed by atoms with E-state index in [2.05, 4.69) is 20.3 Å². The average Bonchev–Trinajstić information content (AvgIpc) is 2.83. The molecule has 0 bridgehead atoms. The third-order valence-electron chi connectivity index (χ3n) is 2.22. The van der Waals surface area contributed by atoms with Gasteiger partial charge in [0.15, 0.2) is 5.82 Å². The molecule has 0 unspecified atom stereocenters. The molecule has 2 aromatic rings. The molecule has 0 aliphatic heterocycles. The number of benzene rings is 1. The minimum atomic E-state index is -0.213. The van der Waals surface area contributed by atoms with Crippen LogP contribution in [0.15, 0.2) is 41.1 Å². The van der Waals surface area contributed by atoms with Crippen LogP contribution in [0.25, 0.3) is 0 Å². The summed E-state index contributed by atoms with van der Waals surface area (Å²) < 4.78 is 4.65. The molecular weight excluding hydrogens is 218 g/mol. The monoisotopic (exact) mass is 231 g/mol.